The van der Waals surface area contributed by atoms with Crippen molar-refractivity contribution < 1.29 is 0 Å². The first-order valence-electron chi connectivity index (χ1n) is 7.59. The first kappa shape index (κ1) is 12.1. The molecule has 0 amide bonds. The van der Waals surface area contributed by atoms with Crippen LogP contribution in [-0.2, 0) is 0 Å². The third kappa shape index (κ3) is 2.55. The van der Waals surface area contributed by atoms with Gasteiger partial charge in [-0.15, -0.1) is 0 Å². The summed E-state index contributed by atoms with van der Waals surface area (Å²) in [6.07, 6.45) is 11.6. The van der Waals surface area contributed by atoms with Gasteiger partial charge >= 0.3 is 0 Å². The van der Waals surface area contributed by atoms with Gasteiger partial charge in [-0.1, -0.05) is 25.0 Å². The molecule has 2 fully saturated rings. The highest BCUT2D eigenvalue weighted by molar-refractivity contribution is 5.46. The van der Waals surface area contributed by atoms with E-state index in [9.17, 15) is 0 Å². The minimum absolute atomic E-state index is 0.707. The van der Waals surface area contributed by atoms with E-state index >= 15 is 0 Å². The summed E-state index contributed by atoms with van der Waals surface area (Å²) in [6.45, 7) is 2.17. The lowest BCUT2D eigenvalue weighted by atomic mass is 9.71. The second-order valence-electron chi connectivity index (χ2n) is 6.50. The molecule has 1 spiro atoms. The molecule has 1 aromatic rings. The summed E-state index contributed by atoms with van der Waals surface area (Å²) in [5.74, 6) is 0. The molecule has 1 heteroatoms. The predicted octanol–water partition coefficient (Wildman–Crippen LogP) is 4.91. The monoisotopic (exact) mass is 243 g/mol. The van der Waals surface area contributed by atoms with Crippen LogP contribution in [0.1, 0.15) is 56.9 Å². The van der Waals surface area contributed by atoms with E-state index in [0.29, 0.717) is 6.04 Å². The molecular weight excluding hydrogens is 218 g/mol. The Morgan fingerprint density at radius 2 is 1.78 bits per heavy atom. The van der Waals surface area contributed by atoms with Crippen LogP contribution in [0.5, 0.6) is 0 Å². The van der Waals surface area contributed by atoms with E-state index in [2.05, 4.69) is 36.5 Å². The number of aryl methyl sites for hydroxylation is 1. The van der Waals surface area contributed by atoms with Crippen molar-refractivity contribution in [1.29, 1.82) is 0 Å². The van der Waals surface area contributed by atoms with E-state index in [0.717, 1.165) is 5.41 Å². The Morgan fingerprint density at radius 3 is 2.44 bits per heavy atom. The van der Waals surface area contributed by atoms with Gasteiger partial charge in [0.15, 0.2) is 0 Å². The molecule has 2 saturated carbocycles. The fourth-order valence-electron chi connectivity index (χ4n) is 3.97. The van der Waals surface area contributed by atoms with Crippen LogP contribution in [0.15, 0.2) is 24.3 Å². The molecule has 2 aliphatic carbocycles. The topological polar surface area (TPSA) is 12.0 Å². The molecule has 1 aromatic carbocycles. The van der Waals surface area contributed by atoms with E-state index in [1.165, 1.54) is 62.6 Å². The van der Waals surface area contributed by atoms with E-state index in [4.69, 9.17) is 0 Å². The summed E-state index contributed by atoms with van der Waals surface area (Å²) >= 11 is 0. The van der Waals surface area contributed by atoms with Crippen LogP contribution in [0, 0.1) is 12.3 Å². The van der Waals surface area contributed by atoms with Gasteiger partial charge in [0.1, 0.15) is 0 Å². The zero-order chi connectivity index (χ0) is 12.4. The second-order valence-corrected chi connectivity index (χ2v) is 6.50. The molecule has 98 valence electrons. The van der Waals surface area contributed by atoms with Crippen molar-refractivity contribution in [2.24, 2.45) is 5.41 Å². The smallest absolute Gasteiger partial charge is 0.0344 e. The van der Waals surface area contributed by atoms with Gasteiger partial charge in [0.05, 0.1) is 0 Å². The third-order valence-corrected chi connectivity index (χ3v) is 5.10. The maximum atomic E-state index is 3.73. The summed E-state index contributed by atoms with van der Waals surface area (Å²) in [7, 11) is 0. The van der Waals surface area contributed by atoms with Crippen molar-refractivity contribution in [3.05, 3.63) is 29.8 Å². The quantitative estimate of drug-likeness (QED) is 0.778. The molecule has 0 aromatic heterocycles. The van der Waals surface area contributed by atoms with Crippen molar-refractivity contribution in [3.63, 3.8) is 0 Å². The molecular formula is C17H25N. The Labute approximate surface area is 111 Å². The fraction of sp³-hybridized carbons (Fsp3) is 0.647. The molecule has 2 aliphatic rings. The summed E-state index contributed by atoms with van der Waals surface area (Å²) in [5, 5.41) is 3.73. The zero-order valence-electron chi connectivity index (χ0n) is 11.5. The molecule has 3 rings (SSSR count). The summed E-state index contributed by atoms with van der Waals surface area (Å²) in [4.78, 5) is 0. The van der Waals surface area contributed by atoms with Gasteiger partial charge in [0.2, 0.25) is 0 Å². The second kappa shape index (κ2) is 4.95. The van der Waals surface area contributed by atoms with E-state index < -0.39 is 0 Å². The van der Waals surface area contributed by atoms with Crippen LogP contribution in [0.25, 0.3) is 0 Å². The molecule has 0 aliphatic heterocycles. The number of anilines is 1. The normalized spacial score (nSPS) is 23.4. The standard InChI is InChI=1S/C17H25N/c1-14-5-4-6-16(13-14)18-15-7-11-17(12-8-15)9-2-3-10-17/h4-6,13,15,18H,2-3,7-12H2,1H3. The van der Waals surface area contributed by atoms with Crippen LogP contribution < -0.4 is 5.32 Å². The SMILES string of the molecule is Cc1cccc(NC2CCC3(CCCC3)CC2)c1. The highest BCUT2D eigenvalue weighted by atomic mass is 14.9. The minimum Gasteiger partial charge on any atom is -0.382 e. The lowest BCUT2D eigenvalue weighted by Crippen LogP contribution is -2.31. The van der Waals surface area contributed by atoms with E-state index in [-0.39, 0.29) is 0 Å². The third-order valence-electron chi connectivity index (χ3n) is 5.10. The lowest BCUT2D eigenvalue weighted by Gasteiger charge is -2.37. The zero-order valence-corrected chi connectivity index (χ0v) is 11.5. The Kier molecular flexibility index (Phi) is 3.32. The van der Waals surface area contributed by atoms with Crippen molar-refractivity contribution >= 4 is 5.69 Å². The maximum absolute atomic E-state index is 3.73. The van der Waals surface area contributed by atoms with Crippen molar-refractivity contribution in [2.45, 2.75) is 64.3 Å². The summed E-state index contributed by atoms with van der Waals surface area (Å²) in [5.41, 5.74) is 3.41. The number of nitrogens with one attached hydrogen (secondary N) is 1. The van der Waals surface area contributed by atoms with Gasteiger partial charge in [-0.25, -0.2) is 0 Å². The largest absolute Gasteiger partial charge is 0.382 e. The van der Waals surface area contributed by atoms with E-state index in [1.54, 1.807) is 0 Å². The van der Waals surface area contributed by atoms with Crippen LogP contribution >= 0.6 is 0 Å². The average Bonchev–Trinajstić information content (AvgIpc) is 2.81. The molecule has 0 atom stereocenters. The summed E-state index contributed by atoms with van der Waals surface area (Å²) in [6, 6.07) is 9.49. The Bertz CT molecular complexity index is 394. The molecule has 1 N–H and O–H groups in total. The number of hydrogen-bond acceptors (Lipinski definition) is 1. The predicted molar refractivity (Wildman–Crippen MR) is 78.0 cm³/mol. The van der Waals surface area contributed by atoms with Crippen molar-refractivity contribution in [3.8, 4) is 0 Å². The summed E-state index contributed by atoms with van der Waals surface area (Å²) < 4.78 is 0. The Balaban J connectivity index is 1.57. The fourth-order valence-corrected chi connectivity index (χ4v) is 3.97. The van der Waals surface area contributed by atoms with Gasteiger partial charge in [0.25, 0.3) is 0 Å². The van der Waals surface area contributed by atoms with Gasteiger partial charge in [-0.05, 0) is 68.6 Å². The minimum atomic E-state index is 0.707. The molecule has 0 unspecified atom stereocenters. The molecule has 0 bridgehead atoms. The molecule has 0 heterocycles. The molecule has 0 saturated heterocycles. The van der Waals surface area contributed by atoms with Crippen molar-refractivity contribution in [1.82, 2.24) is 0 Å². The highest BCUT2D eigenvalue weighted by Gasteiger charge is 2.37. The first-order valence-corrected chi connectivity index (χ1v) is 7.59. The molecule has 0 radical (unpaired) electrons. The van der Waals surface area contributed by atoms with Gasteiger partial charge in [-0.2, -0.15) is 0 Å². The van der Waals surface area contributed by atoms with Gasteiger partial charge in [0, 0.05) is 11.7 Å². The van der Waals surface area contributed by atoms with Crippen LogP contribution in [0.3, 0.4) is 0 Å². The average molecular weight is 243 g/mol. The van der Waals surface area contributed by atoms with Crippen molar-refractivity contribution in [2.75, 3.05) is 5.32 Å². The van der Waals surface area contributed by atoms with Gasteiger partial charge < -0.3 is 5.32 Å². The van der Waals surface area contributed by atoms with Crippen LogP contribution in [0.2, 0.25) is 0 Å². The lowest BCUT2D eigenvalue weighted by molar-refractivity contribution is 0.188. The molecule has 18 heavy (non-hydrogen) atoms. The number of benzene rings is 1. The molecule has 1 nitrogen and oxygen atoms in total. The maximum Gasteiger partial charge on any atom is 0.0344 e. The van der Waals surface area contributed by atoms with E-state index in [1.807, 2.05) is 0 Å². The van der Waals surface area contributed by atoms with Crippen LogP contribution in [-0.4, -0.2) is 6.04 Å². The Hall–Kier alpha value is -0.980. The first-order chi connectivity index (χ1) is 8.76. The number of hydrogen-bond donors (Lipinski definition) is 1. The van der Waals surface area contributed by atoms with Crippen LogP contribution in [0.4, 0.5) is 5.69 Å². The van der Waals surface area contributed by atoms with Gasteiger partial charge in [-0.3, -0.25) is 0 Å². The number of rotatable bonds is 2. The highest BCUT2D eigenvalue weighted by Crippen LogP contribution is 2.49. The Morgan fingerprint density at radius 1 is 1.06 bits per heavy atom.